The SMILES string of the molecule is CCCCC/C=C\C/C=C\CCCCCCCC(=O)OC(COC(=O)CCCCCC)COP(=O)([O-])OCC[N+](C)(C)C. The molecule has 0 aliphatic rings. The topological polar surface area (TPSA) is 111 Å². The smallest absolute Gasteiger partial charge is 0.306 e. The standard InChI is InChI=1S/C33H62NO8P/c1-6-8-10-12-13-14-15-16-17-18-19-20-21-22-24-26-33(36)42-31(29-39-32(35)25-23-11-9-7-2)30-41-43(37,38)40-28-27-34(3,4)5/h13-14,16-17,31H,6-12,15,18-30H2,1-5H3/b14-13-,17-16-. The maximum Gasteiger partial charge on any atom is 0.306 e. The van der Waals surface area contributed by atoms with Crippen LogP contribution >= 0.6 is 7.82 Å². The predicted octanol–water partition coefficient (Wildman–Crippen LogP) is 7.43. The second-order valence-corrected chi connectivity index (χ2v) is 13.6. The Morgan fingerprint density at radius 3 is 1.88 bits per heavy atom. The van der Waals surface area contributed by atoms with Gasteiger partial charge in [-0.25, -0.2) is 0 Å². The molecular formula is C33H62NO8P. The van der Waals surface area contributed by atoms with Gasteiger partial charge in [-0.1, -0.05) is 89.5 Å². The van der Waals surface area contributed by atoms with Crippen molar-refractivity contribution < 1.29 is 42.1 Å². The Hall–Kier alpha value is -1.51. The summed E-state index contributed by atoms with van der Waals surface area (Å²) in [5, 5.41) is 0. The fraction of sp³-hybridized carbons (Fsp3) is 0.818. The van der Waals surface area contributed by atoms with E-state index in [1.54, 1.807) is 0 Å². The number of rotatable bonds is 29. The van der Waals surface area contributed by atoms with E-state index in [1.807, 2.05) is 21.1 Å². The van der Waals surface area contributed by atoms with Crippen LogP contribution in [0.25, 0.3) is 0 Å². The van der Waals surface area contributed by atoms with E-state index in [-0.39, 0.29) is 26.1 Å². The summed E-state index contributed by atoms with van der Waals surface area (Å²) in [6.45, 7) is 4.01. The predicted molar refractivity (Wildman–Crippen MR) is 171 cm³/mol. The lowest BCUT2D eigenvalue weighted by molar-refractivity contribution is -0.870. The van der Waals surface area contributed by atoms with Crippen molar-refractivity contribution in [1.82, 2.24) is 0 Å². The Labute approximate surface area is 262 Å². The maximum atomic E-state index is 12.5. The monoisotopic (exact) mass is 631 g/mol. The van der Waals surface area contributed by atoms with Crippen LogP contribution in [0.1, 0.15) is 123 Å². The van der Waals surface area contributed by atoms with Gasteiger partial charge >= 0.3 is 11.9 Å². The lowest BCUT2D eigenvalue weighted by atomic mass is 10.1. The number of nitrogens with zero attached hydrogens (tertiary/aromatic N) is 1. The average Bonchev–Trinajstić information content (AvgIpc) is 2.94. The number of carbonyl (C=O) groups excluding carboxylic acids is 2. The molecule has 0 fully saturated rings. The van der Waals surface area contributed by atoms with Gasteiger partial charge in [-0.05, 0) is 44.9 Å². The van der Waals surface area contributed by atoms with Gasteiger partial charge in [0.05, 0.1) is 27.7 Å². The molecule has 0 aliphatic heterocycles. The van der Waals surface area contributed by atoms with Crippen molar-refractivity contribution in [2.45, 2.75) is 129 Å². The van der Waals surface area contributed by atoms with Gasteiger partial charge in [0.15, 0.2) is 6.10 Å². The molecule has 0 amide bonds. The van der Waals surface area contributed by atoms with E-state index < -0.39 is 32.5 Å². The van der Waals surface area contributed by atoms with Gasteiger partial charge in [-0.3, -0.25) is 14.2 Å². The number of phosphoric ester groups is 1. The number of esters is 2. The van der Waals surface area contributed by atoms with Crippen LogP contribution in [0.5, 0.6) is 0 Å². The number of carbonyl (C=O) groups is 2. The average molecular weight is 632 g/mol. The molecule has 0 radical (unpaired) electrons. The van der Waals surface area contributed by atoms with Crippen molar-refractivity contribution in [1.29, 1.82) is 0 Å². The summed E-state index contributed by atoms with van der Waals surface area (Å²) in [6.07, 6.45) is 24.1. The molecule has 2 unspecified atom stereocenters. The quantitative estimate of drug-likeness (QED) is 0.0275. The van der Waals surface area contributed by atoms with Gasteiger partial charge in [0.2, 0.25) is 0 Å². The van der Waals surface area contributed by atoms with Crippen molar-refractivity contribution in [3.63, 3.8) is 0 Å². The molecule has 9 nitrogen and oxygen atoms in total. The Bertz CT molecular complexity index is 809. The lowest BCUT2D eigenvalue weighted by Crippen LogP contribution is -2.37. The Kier molecular flexibility index (Phi) is 25.9. The number of hydrogen-bond acceptors (Lipinski definition) is 8. The molecule has 0 heterocycles. The summed E-state index contributed by atoms with van der Waals surface area (Å²) in [7, 11) is 1.15. The molecule has 252 valence electrons. The van der Waals surface area contributed by atoms with Crippen LogP contribution in [0.4, 0.5) is 0 Å². The number of unbranched alkanes of at least 4 members (excludes halogenated alkanes) is 11. The molecule has 0 aromatic rings. The number of likely N-dealkylation sites (N-methyl/N-ethyl adjacent to an activating group) is 1. The second-order valence-electron chi connectivity index (χ2n) is 12.2. The third-order valence-corrected chi connectivity index (χ3v) is 7.69. The Balaban J connectivity index is 4.40. The van der Waals surface area contributed by atoms with Crippen molar-refractivity contribution in [2.75, 3.05) is 47.5 Å². The van der Waals surface area contributed by atoms with Gasteiger partial charge < -0.3 is 27.9 Å². The normalized spacial score (nSPS) is 14.3. The minimum Gasteiger partial charge on any atom is -0.756 e. The summed E-state index contributed by atoms with van der Waals surface area (Å²) in [5.74, 6) is -0.875. The molecule has 0 rings (SSSR count). The molecule has 43 heavy (non-hydrogen) atoms. The van der Waals surface area contributed by atoms with Gasteiger partial charge in [-0.2, -0.15) is 0 Å². The van der Waals surface area contributed by atoms with Crippen molar-refractivity contribution in [3.8, 4) is 0 Å². The molecule has 0 aromatic carbocycles. The number of ether oxygens (including phenoxy) is 2. The fourth-order valence-corrected chi connectivity index (χ4v) is 4.76. The molecule has 0 saturated heterocycles. The first-order chi connectivity index (χ1) is 20.5. The number of allylic oxidation sites excluding steroid dienone is 4. The third kappa shape index (κ3) is 30.3. The first-order valence-electron chi connectivity index (χ1n) is 16.5. The van der Waals surface area contributed by atoms with E-state index in [1.165, 1.54) is 25.7 Å². The minimum atomic E-state index is -4.60. The van der Waals surface area contributed by atoms with E-state index in [0.717, 1.165) is 64.2 Å². The van der Waals surface area contributed by atoms with Crippen LogP contribution in [0.15, 0.2) is 24.3 Å². The van der Waals surface area contributed by atoms with Crippen molar-refractivity contribution in [3.05, 3.63) is 24.3 Å². The lowest BCUT2D eigenvalue weighted by Gasteiger charge is -2.28. The summed E-state index contributed by atoms with van der Waals surface area (Å²) in [5.41, 5.74) is 0. The molecule has 0 aromatic heterocycles. The van der Waals surface area contributed by atoms with Crippen LogP contribution in [-0.2, 0) is 32.7 Å². The molecule has 0 saturated carbocycles. The molecular weight excluding hydrogens is 569 g/mol. The largest absolute Gasteiger partial charge is 0.756 e. The van der Waals surface area contributed by atoms with E-state index in [0.29, 0.717) is 17.4 Å². The van der Waals surface area contributed by atoms with E-state index >= 15 is 0 Å². The van der Waals surface area contributed by atoms with E-state index in [9.17, 15) is 19.0 Å². The van der Waals surface area contributed by atoms with Crippen LogP contribution in [0.2, 0.25) is 0 Å². The van der Waals surface area contributed by atoms with Crippen LogP contribution in [0, 0.1) is 0 Å². The molecule has 2 atom stereocenters. The zero-order valence-electron chi connectivity index (χ0n) is 27.9. The third-order valence-electron chi connectivity index (χ3n) is 6.72. The molecule has 0 spiro atoms. The Morgan fingerprint density at radius 1 is 0.721 bits per heavy atom. The fourth-order valence-electron chi connectivity index (χ4n) is 4.03. The first kappa shape index (κ1) is 41.5. The minimum absolute atomic E-state index is 0.0334. The first-order valence-corrected chi connectivity index (χ1v) is 18.0. The van der Waals surface area contributed by atoms with E-state index in [4.69, 9.17) is 18.5 Å². The Morgan fingerprint density at radius 2 is 1.26 bits per heavy atom. The number of hydrogen-bond donors (Lipinski definition) is 0. The van der Waals surface area contributed by atoms with Gasteiger partial charge in [0.1, 0.15) is 19.8 Å². The van der Waals surface area contributed by atoms with Crippen molar-refractivity contribution in [2.24, 2.45) is 0 Å². The summed E-state index contributed by atoms with van der Waals surface area (Å²) >= 11 is 0. The number of phosphoric acid groups is 1. The highest BCUT2D eigenvalue weighted by Gasteiger charge is 2.21. The maximum absolute atomic E-state index is 12.5. The molecule has 0 bridgehead atoms. The van der Waals surface area contributed by atoms with Gasteiger partial charge in [0.25, 0.3) is 7.82 Å². The van der Waals surface area contributed by atoms with Gasteiger partial charge in [-0.15, -0.1) is 0 Å². The summed E-state index contributed by atoms with van der Waals surface area (Å²) in [4.78, 5) is 36.8. The highest BCUT2D eigenvalue weighted by molar-refractivity contribution is 7.45. The highest BCUT2D eigenvalue weighted by atomic mass is 31.2. The zero-order valence-corrected chi connectivity index (χ0v) is 28.8. The van der Waals surface area contributed by atoms with Crippen LogP contribution < -0.4 is 4.89 Å². The van der Waals surface area contributed by atoms with Gasteiger partial charge in [0, 0.05) is 12.8 Å². The molecule has 0 aliphatic carbocycles. The van der Waals surface area contributed by atoms with Crippen LogP contribution in [-0.4, -0.2) is 70.0 Å². The van der Waals surface area contributed by atoms with E-state index in [2.05, 4.69) is 38.2 Å². The molecule has 10 heteroatoms. The zero-order chi connectivity index (χ0) is 32.2. The molecule has 0 N–H and O–H groups in total. The van der Waals surface area contributed by atoms with Crippen LogP contribution in [0.3, 0.4) is 0 Å². The second kappa shape index (κ2) is 26.9. The number of quaternary nitrogens is 1. The van der Waals surface area contributed by atoms with Crippen molar-refractivity contribution >= 4 is 19.8 Å². The summed E-state index contributed by atoms with van der Waals surface area (Å²) in [6, 6.07) is 0. The highest BCUT2D eigenvalue weighted by Crippen LogP contribution is 2.38. The summed E-state index contributed by atoms with van der Waals surface area (Å²) < 4.78 is 33.3.